The van der Waals surface area contributed by atoms with Crippen LogP contribution in [-0.2, 0) is 6.42 Å². The summed E-state index contributed by atoms with van der Waals surface area (Å²) in [4.78, 5) is 23.2. The molecule has 1 saturated heterocycles. The largest absolute Gasteiger partial charge is 0.354 e. The van der Waals surface area contributed by atoms with E-state index in [1.165, 1.54) is 19.3 Å². The fourth-order valence-electron chi connectivity index (χ4n) is 3.03. The van der Waals surface area contributed by atoms with E-state index in [-0.39, 0.29) is 5.91 Å². The van der Waals surface area contributed by atoms with Crippen molar-refractivity contribution < 1.29 is 4.79 Å². The molecule has 1 unspecified atom stereocenters. The molecule has 1 aromatic heterocycles. The summed E-state index contributed by atoms with van der Waals surface area (Å²) in [7, 11) is 0. The number of hydrogen-bond donors (Lipinski definition) is 1. The van der Waals surface area contributed by atoms with E-state index in [2.05, 4.69) is 27.1 Å². The van der Waals surface area contributed by atoms with E-state index in [0.717, 1.165) is 24.3 Å². The number of carbonyl (C=O) groups excluding carboxylic acids is 1. The van der Waals surface area contributed by atoms with Crippen LogP contribution in [0.3, 0.4) is 0 Å². The number of aromatic nitrogens is 2. The molecule has 0 bridgehead atoms. The molecule has 2 aliphatic heterocycles. The molecule has 3 rings (SSSR count). The van der Waals surface area contributed by atoms with Crippen LogP contribution in [-0.4, -0.2) is 35.0 Å². The highest BCUT2D eigenvalue weighted by molar-refractivity contribution is 5.96. The molecule has 0 radical (unpaired) electrons. The van der Waals surface area contributed by atoms with Gasteiger partial charge < -0.3 is 10.2 Å². The fourth-order valence-corrected chi connectivity index (χ4v) is 3.03. The number of nitrogens with one attached hydrogen (secondary N) is 1. The molecule has 0 saturated carbocycles. The summed E-state index contributed by atoms with van der Waals surface area (Å²) in [5.74, 6) is 1.62. The Labute approximate surface area is 113 Å². The summed E-state index contributed by atoms with van der Waals surface area (Å²) >= 11 is 0. The van der Waals surface area contributed by atoms with Gasteiger partial charge in [0.05, 0.1) is 0 Å². The van der Waals surface area contributed by atoms with Gasteiger partial charge in [-0.3, -0.25) is 4.79 Å². The van der Waals surface area contributed by atoms with Crippen molar-refractivity contribution >= 4 is 11.7 Å². The molecule has 19 heavy (non-hydrogen) atoms. The van der Waals surface area contributed by atoms with E-state index in [0.29, 0.717) is 24.1 Å². The molecule has 1 fully saturated rings. The molecule has 0 aromatic carbocycles. The third kappa shape index (κ3) is 2.17. The average Bonchev–Trinajstić information content (AvgIpc) is 2.40. The molecule has 1 N–H and O–H groups in total. The standard InChI is InChI=1S/C14H20N4O/c1-9-5-3-4-8-18(9)13-11-6-7-15-14(19)12(11)16-10(2)17-13/h9H,3-8H2,1-2H3,(H,15,19). The Morgan fingerprint density at radius 3 is 2.95 bits per heavy atom. The highest BCUT2D eigenvalue weighted by Crippen LogP contribution is 2.29. The van der Waals surface area contributed by atoms with Crippen LogP contribution in [0.2, 0.25) is 0 Å². The van der Waals surface area contributed by atoms with Gasteiger partial charge in [-0.05, 0) is 39.5 Å². The molecule has 5 nitrogen and oxygen atoms in total. The predicted octanol–water partition coefficient (Wildman–Crippen LogP) is 1.45. The van der Waals surface area contributed by atoms with E-state index in [1.807, 2.05) is 6.92 Å². The number of amides is 1. The SMILES string of the molecule is Cc1nc2c(c(N3CCCCC3C)n1)CCNC2=O. The molecule has 2 aliphatic rings. The summed E-state index contributed by atoms with van der Waals surface area (Å²) in [6.07, 6.45) is 4.52. The maximum atomic E-state index is 11.9. The van der Waals surface area contributed by atoms with Gasteiger partial charge in [0.1, 0.15) is 17.3 Å². The summed E-state index contributed by atoms with van der Waals surface area (Å²) in [5.41, 5.74) is 1.61. The Morgan fingerprint density at radius 2 is 2.16 bits per heavy atom. The zero-order valence-corrected chi connectivity index (χ0v) is 11.6. The third-order valence-electron chi connectivity index (χ3n) is 4.05. The van der Waals surface area contributed by atoms with Crippen molar-refractivity contribution in [2.45, 2.75) is 45.6 Å². The van der Waals surface area contributed by atoms with Crippen molar-refractivity contribution in [1.29, 1.82) is 0 Å². The molecular weight excluding hydrogens is 240 g/mol. The Hall–Kier alpha value is -1.65. The molecule has 1 aromatic rings. The third-order valence-corrected chi connectivity index (χ3v) is 4.05. The molecule has 3 heterocycles. The lowest BCUT2D eigenvalue weighted by molar-refractivity contribution is 0.0940. The fraction of sp³-hybridized carbons (Fsp3) is 0.643. The second-order valence-electron chi connectivity index (χ2n) is 5.47. The first-order valence-corrected chi connectivity index (χ1v) is 7.09. The number of nitrogens with zero attached hydrogens (tertiary/aromatic N) is 3. The van der Waals surface area contributed by atoms with Crippen LogP contribution < -0.4 is 10.2 Å². The monoisotopic (exact) mass is 260 g/mol. The zero-order chi connectivity index (χ0) is 13.4. The lowest BCUT2D eigenvalue weighted by Crippen LogP contribution is -2.41. The maximum Gasteiger partial charge on any atom is 0.270 e. The Bertz CT molecular complexity index is 514. The van der Waals surface area contributed by atoms with Gasteiger partial charge in [-0.2, -0.15) is 0 Å². The molecule has 0 aliphatic carbocycles. The first-order valence-electron chi connectivity index (χ1n) is 7.09. The number of fused-ring (bicyclic) bond motifs is 1. The number of rotatable bonds is 1. The van der Waals surface area contributed by atoms with Crippen LogP contribution in [0.4, 0.5) is 5.82 Å². The molecular formula is C14H20N4O. The van der Waals surface area contributed by atoms with Gasteiger partial charge in [0.25, 0.3) is 5.91 Å². The van der Waals surface area contributed by atoms with Crippen LogP contribution >= 0.6 is 0 Å². The van der Waals surface area contributed by atoms with Crippen LogP contribution in [0.25, 0.3) is 0 Å². The summed E-state index contributed by atoms with van der Waals surface area (Å²) in [6, 6.07) is 0.497. The lowest BCUT2D eigenvalue weighted by Gasteiger charge is -2.36. The number of piperidine rings is 1. The van der Waals surface area contributed by atoms with E-state index in [9.17, 15) is 4.79 Å². The van der Waals surface area contributed by atoms with Gasteiger partial charge >= 0.3 is 0 Å². The maximum absolute atomic E-state index is 11.9. The minimum Gasteiger partial charge on any atom is -0.354 e. The second kappa shape index (κ2) is 4.79. The molecule has 1 atom stereocenters. The quantitative estimate of drug-likeness (QED) is 0.830. The first-order chi connectivity index (χ1) is 9.16. The average molecular weight is 260 g/mol. The van der Waals surface area contributed by atoms with Gasteiger partial charge in [-0.25, -0.2) is 9.97 Å². The Morgan fingerprint density at radius 1 is 1.32 bits per heavy atom. The van der Waals surface area contributed by atoms with Gasteiger partial charge in [-0.1, -0.05) is 0 Å². The Balaban J connectivity index is 2.07. The van der Waals surface area contributed by atoms with Gasteiger partial charge in [0.2, 0.25) is 0 Å². The summed E-state index contributed by atoms with van der Waals surface area (Å²) in [6.45, 7) is 5.82. The second-order valence-corrected chi connectivity index (χ2v) is 5.47. The van der Waals surface area contributed by atoms with Crippen molar-refractivity contribution in [1.82, 2.24) is 15.3 Å². The van der Waals surface area contributed by atoms with Crippen molar-refractivity contribution in [3.05, 3.63) is 17.1 Å². The van der Waals surface area contributed by atoms with E-state index >= 15 is 0 Å². The summed E-state index contributed by atoms with van der Waals surface area (Å²) < 4.78 is 0. The Kier molecular flexibility index (Phi) is 3.12. The van der Waals surface area contributed by atoms with Gasteiger partial charge in [0, 0.05) is 24.7 Å². The molecule has 102 valence electrons. The number of anilines is 1. The predicted molar refractivity (Wildman–Crippen MR) is 73.5 cm³/mol. The smallest absolute Gasteiger partial charge is 0.270 e. The zero-order valence-electron chi connectivity index (χ0n) is 11.6. The number of aryl methyl sites for hydroxylation is 1. The van der Waals surface area contributed by atoms with Crippen molar-refractivity contribution in [3.63, 3.8) is 0 Å². The van der Waals surface area contributed by atoms with Crippen LogP contribution in [0.5, 0.6) is 0 Å². The van der Waals surface area contributed by atoms with E-state index in [1.54, 1.807) is 0 Å². The van der Waals surface area contributed by atoms with Crippen LogP contribution in [0.15, 0.2) is 0 Å². The lowest BCUT2D eigenvalue weighted by atomic mass is 10.0. The van der Waals surface area contributed by atoms with E-state index < -0.39 is 0 Å². The summed E-state index contributed by atoms with van der Waals surface area (Å²) in [5, 5.41) is 2.86. The minimum atomic E-state index is -0.0577. The number of hydrogen-bond acceptors (Lipinski definition) is 4. The highest BCUT2D eigenvalue weighted by Gasteiger charge is 2.28. The first kappa shape index (κ1) is 12.4. The molecule has 5 heteroatoms. The van der Waals surface area contributed by atoms with Crippen LogP contribution in [0.1, 0.15) is 48.1 Å². The van der Waals surface area contributed by atoms with E-state index in [4.69, 9.17) is 0 Å². The number of carbonyl (C=O) groups is 1. The highest BCUT2D eigenvalue weighted by atomic mass is 16.1. The minimum absolute atomic E-state index is 0.0577. The van der Waals surface area contributed by atoms with Crippen LogP contribution in [0, 0.1) is 6.92 Å². The van der Waals surface area contributed by atoms with Crippen molar-refractivity contribution in [2.24, 2.45) is 0 Å². The normalized spacial score (nSPS) is 22.9. The van der Waals surface area contributed by atoms with Gasteiger partial charge in [0.15, 0.2) is 0 Å². The molecule has 0 spiro atoms. The topological polar surface area (TPSA) is 58.1 Å². The molecule has 1 amide bonds. The van der Waals surface area contributed by atoms with Crippen molar-refractivity contribution in [3.8, 4) is 0 Å². The van der Waals surface area contributed by atoms with Gasteiger partial charge in [-0.15, -0.1) is 0 Å². The van der Waals surface area contributed by atoms with Crippen molar-refractivity contribution in [2.75, 3.05) is 18.0 Å².